The highest BCUT2D eigenvalue weighted by Gasteiger charge is 2.03. The van der Waals surface area contributed by atoms with Crippen LogP contribution in [0, 0.1) is 0 Å². The Morgan fingerprint density at radius 2 is 1.91 bits per heavy atom. The Morgan fingerprint density at radius 3 is 2.65 bits per heavy atom. The van der Waals surface area contributed by atoms with Gasteiger partial charge in [0.1, 0.15) is 11.5 Å². The predicted octanol–water partition coefficient (Wildman–Crippen LogP) is 3.19. The van der Waals surface area contributed by atoms with Gasteiger partial charge in [0.15, 0.2) is 0 Å². The standard InChI is InChI=1S/C17H17N3O2S/c1-20-14-6-4-5-7-16(14)23-17(20)19-18-11-12-10-13(21-2)8-9-15(12)22-3/h4-11H,1-3H3/b18-11-,19-17-. The highest BCUT2D eigenvalue weighted by molar-refractivity contribution is 7.16. The first-order chi connectivity index (χ1) is 11.2. The first-order valence-electron chi connectivity index (χ1n) is 7.06. The molecule has 0 atom stereocenters. The summed E-state index contributed by atoms with van der Waals surface area (Å²) in [7, 11) is 5.24. The third kappa shape index (κ3) is 3.12. The van der Waals surface area contributed by atoms with Crippen LogP contribution in [0.3, 0.4) is 0 Å². The van der Waals surface area contributed by atoms with Crippen LogP contribution in [-0.2, 0) is 7.05 Å². The van der Waals surface area contributed by atoms with E-state index in [9.17, 15) is 0 Å². The first kappa shape index (κ1) is 15.3. The third-order valence-electron chi connectivity index (χ3n) is 3.49. The number of rotatable bonds is 4. The maximum absolute atomic E-state index is 5.33. The molecule has 2 aromatic carbocycles. The Hall–Kier alpha value is -2.60. The Bertz CT molecular complexity index is 925. The zero-order valence-corrected chi connectivity index (χ0v) is 14.0. The summed E-state index contributed by atoms with van der Waals surface area (Å²) in [4.78, 5) is 0.837. The fourth-order valence-electron chi connectivity index (χ4n) is 2.26. The number of aryl methyl sites for hydroxylation is 1. The van der Waals surface area contributed by atoms with Gasteiger partial charge in [-0.15, -0.1) is 5.10 Å². The van der Waals surface area contributed by atoms with E-state index in [0.717, 1.165) is 27.4 Å². The zero-order chi connectivity index (χ0) is 16.2. The largest absolute Gasteiger partial charge is 0.497 e. The second kappa shape index (κ2) is 6.66. The van der Waals surface area contributed by atoms with E-state index in [1.807, 2.05) is 41.9 Å². The van der Waals surface area contributed by atoms with Crippen molar-refractivity contribution >= 4 is 27.8 Å². The quantitative estimate of drug-likeness (QED) is 0.546. The summed E-state index contributed by atoms with van der Waals surface area (Å²) in [5.41, 5.74) is 1.96. The van der Waals surface area contributed by atoms with E-state index >= 15 is 0 Å². The van der Waals surface area contributed by atoms with Crippen molar-refractivity contribution in [2.75, 3.05) is 14.2 Å². The lowest BCUT2D eigenvalue weighted by Gasteiger charge is -2.05. The summed E-state index contributed by atoms with van der Waals surface area (Å²) < 4.78 is 13.8. The van der Waals surface area contributed by atoms with Crippen molar-refractivity contribution in [2.24, 2.45) is 17.3 Å². The molecule has 0 amide bonds. The van der Waals surface area contributed by atoms with Gasteiger partial charge in [-0.05, 0) is 30.3 Å². The van der Waals surface area contributed by atoms with Crippen molar-refractivity contribution in [2.45, 2.75) is 0 Å². The molecule has 0 aliphatic carbocycles. The van der Waals surface area contributed by atoms with E-state index in [4.69, 9.17) is 9.47 Å². The molecule has 118 valence electrons. The molecule has 1 heterocycles. The Labute approximate surface area is 138 Å². The van der Waals surface area contributed by atoms with Gasteiger partial charge in [-0.2, -0.15) is 5.10 Å². The number of benzene rings is 2. The summed E-state index contributed by atoms with van der Waals surface area (Å²) >= 11 is 1.60. The van der Waals surface area contributed by atoms with Gasteiger partial charge >= 0.3 is 0 Å². The molecule has 1 aromatic heterocycles. The Balaban J connectivity index is 1.98. The molecule has 0 saturated carbocycles. The molecule has 0 aliphatic heterocycles. The highest BCUT2D eigenvalue weighted by atomic mass is 32.1. The van der Waals surface area contributed by atoms with Gasteiger partial charge < -0.3 is 14.0 Å². The fraction of sp³-hybridized carbons (Fsp3) is 0.176. The van der Waals surface area contributed by atoms with Crippen LogP contribution in [0.1, 0.15) is 5.56 Å². The average Bonchev–Trinajstić information content (AvgIpc) is 2.91. The SMILES string of the molecule is COc1ccc(OC)c(/C=N\N=c2/sc3ccccc3n2C)c1. The van der Waals surface area contributed by atoms with Gasteiger partial charge in [-0.25, -0.2) is 0 Å². The number of aromatic nitrogens is 1. The van der Waals surface area contributed by atoms with Crippen molar-refractivity contribution in [1.29, 1.82) is 0 Å². The van der Waals surface area contributed by atoms with Gasteiger partial charge in [0, 0.05) is 12.6 Å². The van der Waals surface area contributed by atoms with Crippen molar-refractivity contribution in [3.63, 3.8) is 0 Å². The van der Waals surface area contributed by atoms with E-state index in [2.05, 4.69) is 22.3 Å². The minimum absolute atomic E-state index is 0.727. The number of hydrogen-bond donors (Lipinski definition) is 0. The monoisotopic (exact) mass is 327 g/mol. The third-order valence-corrected chi connectivity index (χ3v) is 4.59. The van der Waals surface area contributed by atoms with Gasteiger partial charge in [-0.3, -0.25) is 0 Å². The molecule has 23 heavy (non-hydrogen) atoms. The molecule has 0 fully saturated rings. The van der Waals surface area contributed by atoms with Crippen molar-refractivity contribution in [1.82, 2.24) is 4.57 Å². The molecule has 3 rings (SSSR count). The molecule has 6 heteroatoms. The second-order valence-corrected chi connectivity index (χ2v) is 5.87. The lowest BCUT2D eigenvalue weighted by atomic mass is 10.2. The molecule has 0 saturated heterocycles. The van der Waals surface area contributed by atoms with E-state index in [-0.39, 0.29) is 0 Å². The molecule has 0 N–H and O–H groups in total. The van der Waals surface area contributed by atoms with Crippen LogP contribution in [0.25, 0.3) is 10.2 Å². The van der Waals surface area contributed by atoms with Crippen LogP contribution in [0.15, 0.2) is 52.7 Å². The number of fused-ring (bicyclic) bond motifs is 1. The topological polar surface area (TPSA) is 48.1 Å². The van der Waals surface area contributed by atoms with E-state index in [1.165, 1.54) is 4.70 Å². The molecule has 0 radical (unpaired) electrons. The number of nitrogens with zero attached hydrogens (tertiary/aromatic N) is 3. The first-order valence-corrected chi connectivity index (χ1v) is 7.88. The Morgan fingerprint density at radius 1 is 1.09 bits per heavy atom. The van der Waals surface area contributed by atoms with Crippen molar-refractivity contribution < 1.29 is 9.47 Å². The van der Waals surface area contributed by atoms with Crippen molar-refractivity contribution in [3.05, 3.63) is 52.8 Å². The van der Waals surface area contributed by atoms with Gasteiger partial charge in [-0.1, -0.05) is 23.5 Å². The Kier molecular flexibility index (Phi) is 4.43. The van der Waals surface area contributed by atoms with Crippen molar-refractivity contribution in [3.8, 4) is 11.5 Å². The lowest BCUT2D eigenvalue weighted by molar-refractivity contribution is 0.402. The second-order valence-electron chi connectivity index (χ2n) is 4.86. The zero-order valence-electron chi connectivity index (χ0n) is 13.2. The molecular formula is C17H17N3O2S. The molecule has 0 unspecified atom stereocenters. The van der Waals surface area contributed by atoms with Crippen LogP contribution in [-0.4, -0.2) is 25.0 Å². The molecule has 0 spiro atoms. The molecular weight excluding hydrogens is 310 g/mol. The van der Waals surface area contributed by atoms with Gasteiger partial charge in [0.2, 0.25) is 4.80 Å². The predicted molar refractivity (Wildman–Crippen MR) is 93.5 cm³/mol. The number of para-hydroxylation sites is 1. The summed E-state index contributed by atoms with van der Waals surface area (Å²) in [6.45, 7) is 0. The van der Waals surface area contributed by atoms with E-state index < -0.39 is 0 Å². The normalized spacial score (nSPS) is 12.2. The minimum Gasteiger partial charge on any atom is -0.497 e. The molecule has 5 nitrogen and oxygen atoms in total. The van der Waals surface area contributed by atoms with Gasteiger partial charge in [0.05, 0.1) is 30.7 Å². The van der Waals surface area contributed by atoms with E-state index in [0.29, 0.717) is 0 Å². The minimum atomic E-state index is 0.727. The van der Waals surface area contributed by atoms with Gasteiger partial charge in [0.25, 0.3) is 0 Å². The van der Waals surface area contributed by atoms with Crippen LogP contribution in [0.4, 0.5) is 0 Å². The summed E-state index contributed by atoms with van der Waals surface area (Å²) in [5.74, 6) is 1.48. The van der Waals surface area contributed by atoms with Crippen LogP contribution in [0.5, 0.6) is 11.5 Å². The summed E-state index contributed by atoms with van der Waals surface area (Å²) in [6, 6.07) is 13.7. The number of ether oxygens (including phenoxy) is 2. The van der Waals surface area contributed by atoms with Crippen LogP contribution < -0.4 is 14.3 Å². The molecule has 0 aliphatic rings. The number of methoxy groups -OCH3 is 2. The smallest absolute Gasteiger partial charge is 0.211 e. The maximum atomic E-state index is 5.33. The number of thiazole rings is 1. The highest BCUT2D eigenvalue weighted by Crippen LogP contribution is 2.22. The lowest BCUT2D eigenvalue weighted by Crippen LogP contribution is -2.08. The van der Waals surface area contributed by atoms with Crippen LogP contribution in [0.2, 0.25) is 0 Å². The summed E-state index contributed by atoms with van der Waals surface area (Å²) in [6.07, 6.45) is 1.67. The molecule has 0 bridgehead atoms. The average molecular weight is 327 g/mol. The van der Waals surface area contributed by atoms with E-state index in [1.54, 1.807) is 31.8 Å². The fourth-order valence-corrected chi connectivity index (χ4v) is 3.23. The maximum Gasteiger partial charge on any atom is 0.211 e. The van der Waals surface area contributed by atoms with Crippen LogP contribution >= 0.6 is 11.3 Å². The molecule has 3 aromatic rings. The number of hydrogen-bond acceptors (Lipinski definition) is 5. The summed E-state index contributed by atoms with van der Waals surface area (Å²) in [5, 5.41) is 8.53.